The normalized spacial score (nSPS) is 24.3. The van der Waals surface area contributed by atoms with Gasteiger partial charge in [0.2, 0.25) is 11.9 Å². The number of aromatic nitrogens is 4. The highest BCUT2D eigenvalue weighted by atomic mass is 19.3. The van der Waals surface area contributed by atoms with Gasteiger partial charge in [0.05, 0.1) is 11.7 Å². The van der Waals surface area contributed by atoms with Crippen LogP contribution in [0.3, 0.4) is 0 Å². The Balaban J connectivity index is 1.10. The first-order valence-electron chi connectivity index (χ1n) is 19.2. The van der Waals surface area contributed by atoms with E-state index in [1.54, 1.807) is 0 Å². The number of anilines is 2. The molecule has 1 N–H and O–H groups in total. The standard InChI is InChI=1S/C40H46F2N8O2/c1-3-33(51)49-21-40(22-49)12-14-47(15-13-40)38-29-16-28(24-5-6-24)35(34-23(2)4-11-31-30(34)17-43-46-31)37(52-20-32(41)42)36(29)44-39(45-38)48-18-27(19-48)50-25-7-8-26(50)10-9-25/h3-4,11,16-17,24-27,32H,1,5-10,12-15,18-22H2,2H3,(H,43,46). The summed E-state index contributed by atoms with van der Waals surface area (Å²) in [5.74, 6) is 2.20. The number of hydrogen-bond acceptors (Lipinski definition) is 8. The van der Waals surface area contributed by atoms with Crippen molar-refractivity contribution in [1.82, 2.24) is 30.0 Å². The van der Waals surface area contributed by atoms with E-state index in [-0.39, 0.29) is 11.3 Å². The number of aromatic amines is 1. The minimum Gasteiger partial charge on any atom is -0.485 e. The Morgan fingerprint density at radius 1 is 1.00 bits per heavy atom. The maximum atomic E-state index is 14.1. The molecule has 2 aromatic heterocycles. The Hall–Kier alpha value is -4.32. The number of hydrogen-bond donors (Lipinski definition) is 1. The smallest absolute Gasteiger partial charge is 0.272 e. The lowest BCUT2D eigenvalue weighted by Crippen LogP contribution is -2.62. The maximum Gasteiger partial charge on any atom is 0.272 e. The molecule has 0 atom stereocenters. The van der Waals surface area contributed by atoms with Crippen molar-refractivity contribution < 1.29 is 18.3 Å². The zero-order valence-corrected chi connectivity index (χ0v) is 29.8. The minimum atomic E-state index is -2.64. The third kappa shape index (κ3) is 5.18. The van der Waals surface area contributed by atoms with E-state index >= 15 is 0 Å². The number of likely N-dealkylation sites (tertiary alicyclic amines) is 1. The van der Waals surface area contributed by atoms with Gasteiger partial charge in [-0.25, -0.2) is 13.8 Å². The minimum absolute atomic E-state index is 0.00429. The maximum absolute atomic E-state index is 14.1. The first kappa shape index (κ1) is 32.3. The number of aryl methyl sites for hydroxylation is 1. The summed E-state index contributed by atoms with van der Waals surface area (Å²) in [4.78, 5) is 32.2. The molecule has 6 aliphatic rings. The molecule has 7 heterocycles. The Bertz CT molecular complexity index is 2050. The van der Waals surface area contributed by atoms with E-state index in [0.717, 1.165) is 109 Å². The molecule has 52 heavy (non-hydrogen) atoms. The number of amides is 1. The van der Waals surface area contributed by atoms with Crippen molar-refractivity contribution in [3.05, 3.63) is 48.2 Å². The van der Waals surface area contributed by atoms with E-state index in [1.807, 2.05) is 17.2 Å². The van der Waals surface area contributed by atoms with Crippen LogP contribution >= 0.6 is 0 Å². The van der Waals surface area contributed by atoms with E-state index in [0.29, 0.717) is 41.3 Å². The summed E-state index contributed by atoms with van der Waals surface area (Å²) in [7, 11) is 0. The molecule has 4 aromatic rings. The van der Waals surface area contributed by atoms with Crippen LogP contribution in [0.4, 0.5) is 20.5 Å². The van der Waals surface area contributed by atoms with Gasteiger partial charge in [0.1, 0.15) is 17.9 Å². The summed E-state index contributed by atoms with van der Waals surface area (Å²) < 4.78 is 34.5. The second-order valence-electron chi connectivity index (χ2n) is 16.3. The second kappa shape index (κ2) is 12.1. The van der Waals surface area contributed by atoms with Gasteiger partial charge in [0.15, 0.2) is 5.75 Å². The van der Waals surface area contributed by atoms with Crippen LogP contribution < -0.4 is 14.5 Å². The van der Waals surface area contributed by atoms with Crippen LogP contribution in [0.15, 0.2) is 37.1 Å². The van der Waals surface area contributed by atoms with Crippen LogP contribution in [0.2, 0.25) is 0 Å². The van der Waals surface area contributed by atoms with E-state index in [4.69, 9.17) is 14.7 Å². The molecule has 10 nitrogen and oxygen atoms in total. The van der Waals surface area contributed by atoms with Crippen LogP contribution in [0.25, 0.3) is 32.9 Å². The topological polar surface area (TPSA) is 93.7 Å². The first-order chi connectivity index (χ1) is 25.3. The highest BCUT2D eigenvalue weighted by Gasteiger charge is 2.48. The van der Waals surface area contributed by atoms with E-state index in [2.05, 4.69) is 50.5 Å². The highest BCUT2D eigenvalue weighted by Crippen LogP contribution is 2.53. The van der Waals surface area contributed by atoms with Crippen LogP contribution in [0.1, 0.15) is 68.4 Å². The van der Waals surface area contributed by atoms with E-state index in [1.165, 1.54) is 31.8 Å². The fourth-order valence-electron chi connectivity index (χ4n) is 10.2. The van der Waals surface area contributed by atoms with Gasteiger partial charge in [-0.15, -0.1) is 0 Å². The third-order valence-electron chi connectivity index (χ3n) is 13.1. The number of carbonyl (C=O) groups excluding carboxylic acids is 1. The van der Waals surface area contributed by atoms with Crippen molar-refractivity contribution in [2.24, 2.45) is 5.41 Å². The summed E-state index contributed by atoms with van der Waals surface area (Å²) in [5, 5.41) is 9.26. The van der Waals surface area contributed by atoms with Gasteiger partial charge in [0.25, 0.3) is 6.43 Å². The molecule has 5 saturated heterocycles. The lowest BCUT2D eigenvalue weighted by Gasteiger charge is -2.54. The van der Waals surface area contributed by atoms with Crippen molar-refractivity contribution in [2.75, 3.05) is 55.7 Å². The first-order valence-corrected chi connectivity index (χ1v) is 19.2. The van der Waals surface area contributed by atoms with Crippen molar-refractivity contribution in [3.63, 3.8) is 0 Å². The number of fused-ring (bicyclic) bond motifs is 4. The van der Waals surface area contributed by atoms with Crippen molar-refractivity contribution in [1.29, 1.82) is 0 Å². The largest absolute Gasteiger partial charge is 0.485 e. The number of piperidine rings is 1. The number of nitrogens with zero attached hydrogens (tertiary/aromatic N) is 7. The molecule has 2 bridgehead atoms. The highest BCUT2D eigenvalue weighted by molar-refractivity contribution is 6.06. The number of carbonyl (C=O) groups is 1. The second-order valence-corrected chi connectivity index (χ2v) is 16.3. The molecule has 272 valence electrons. The summed E-state index contributed by atoms with van der Waals surface area (Å²) in [5.41, 5.74) is 5.54. The molecule has 2 aromatic carbocycles. The van der Waals surface area contributed by atoms with Gasteiger partial charge in [-0.2, -0.15) is 10.1 Å². The molecule has 0 unspecified atom stereocenters. The average Bonchev–Trinajstić information content (AvgIpc) is 3.55. The molecule has 1 amide bonds. The molecular formula is C40H46F2N8O2. The number of nitrogens with one attached hydrogen (secondary N) is 1. The Morgan fingerprint density at radius 2 is 1.73 bits per heavy atom. The Labute approximate surface area is 302 Å². The molecule has 5 aliphatic heterocycles. The number of benzene rings is 2. The Morgan fingerprint density at radius 3 is 2.40 bits per heavy atom. The van der Waals surface area contributed by atoms with Gasteiger partial charge in [-0.3, -0.25) is 14.8 Å². The summed E-state index contributed by atoms with van der Waals surface area (Å²) in [6.45, 7) is 9.84. The van der Waals surface area contributed by atoms with Gasteiger partial charge in [-0.05, 0) is 99.1 Å². The van der Waals surface area contributed by atoms with Gasteiger partial charge in [0, 0.05) is 79.1 Å². The summed E-state index contributed by atoms with van der Waals surface area (Å²) >= 11 is 0. The van der Waals surface area contributed by atoms with Crippen LogP contribution in [-0.2, 0) is 4.79 Å². The average molecular weight is 709 g/mol. The van der Waals surface area contributed by atoms with E-state index < -0.39 is 13.0 Å². The molecular weight excluding hydrogens is 662 g/mol. The predicted molar refractivity (Wildman–Crippen MR) is 197 cm³/mol. The molecule has 10 rings (SSSR count). The number of H-pyrrole nitrogens is 1. The molecule has 1 spiro atoms. The van der Waals surface area contributed by atoms with Crippen molar-refractivity contribution in [3.8, 4) is 16.9 Å². The predicted octanol–water partition coefficient (Wildman–Crippen LogP) is 6.43. The SMILES string of the molecule is C=CC(=O)N1CC2(CCN(c3nc(N4CC(N5C6CCC5CC6)C4)nc4c(OCC(F)F)c(-c5c(C)ccc6[nH]ncc56)c(C5CC5)cc34)CC2)C1. The van der Waals surface area contributed by atoms with Crippen molar-refractivity contribution >= 4 is 39.5 Å². The molecule has 0 radical (unpaired) electrons. The fourth-order valence-corrected chi connectivity index (χ4v) is 10.2. The van der Waals surface area contributed by atoms with Crippen LogP contribution in [0, 0.1) is 12.3 Å². The van der Waals surface area contributed by atoms with Crippen molar-refractivity contribution in [2.45, 2.75) is 88.8 Å². The lowest BCUT2D eigenvalue weighted by molar-refractivity contribution is -0.139. The monoisotopic (exact) mass is 708 g/mol. The number of halogens is 2. The quantitative estimate of drug-likeness (QED) is 0.199. The molecule has 1 saturated carbocycles. The van der Waals surface area contributed by atoms with Gasteiger partial charge >= 0.3 is 0 Å². The number of alkyl halides is 2. The molecule has 12 heteroatoms. The summed E-state index contributed by atoms with van der Waals surface area (Å²) in [6, 6.07) is 8.20. The van der Waals surface area contributed by atoms with Crippen LogP contribution in [-0.4, -0.2) is 106 Å². The lowest BCUT2D eigenvalue weighted by atomic mass is 9.72. The summed E-state index contributed by atoms with van der Waals surface area (Å²) in [6.07, 6.45) is 9.74. The van der Waals surface area contributed by atoms with E-state index in [9.17, 15) is 13.6 Å². The number of ether oxygens (including phenoxy) is 1. The van der Waals surface area contributed by atoms with Gasteiger partial charge < -0.3 is 19.4 Å². The Kier molecular flexibility index (Phi) is 7.53. The zero-order valence-electron chi connectivity index (χ0n) is 29.8. The zero-order chi connectivity index (χ0) is 35.3. The molecule has 6 fully saturated rings. The molecule has 1 aliphatic carbocycles. The van der Waals surface area contributed by atoms with Crippen LogP contribution in [0.5, 0.6) is 5.75 Å². The number of rotatable bonds is 9. The fraction of sp³-hybridized carbons (Fsp3) is 0.550. The third-order valence-corrected chi connectivity index (χ3v) is 13.1. The van der Waals surface area contributed by atoms with Gasteiger partial charge in [-0.1, -0.05) is 12.6 Å².